The van der Waals surface area contributed by atoms with E-state index in [4.69, 9.17) is 0 Å². The van der Waals surface area contributed by atoms with E-state index >= 15 is 0 Å². The first-order chi connectivity index (χ1) is 11.2. The van der Waals surface area contributed by atoms with Crippen LogP contribution in [0.3, 0.4) is 0 Å². The highest BCUT2D eigenvalue weighted by molar-refractivity contribution is 7.09. The molecule has 2 aliphatic rings. The average molecular weight is 326 g/mol. The first-order valence-electron chi connectivity index (χ1n) is 8.41. The summed E-state index contributed by atoms with van der Waals surface area (Å²) in [6.45, 7) is 2.53. The van der Waals surface area contributed by atoms with Crippen LogP contribution in [0.15, 0.2) is 35.7 Å². The highest BCUT2D eigenvalue weighted by Crippen LogP contribution is 2.72. The molecule has 2 aliphatic carbocycles. The van der Waals surface area contributed by atoms with E-state index < -0.39 is 0 Å². The Hall–Kier alpha value is -1.68. The van der Waals surface area contributed by atoms with Crippen molar-refractivity contribution >= 4 is 17.2 Å². The summed E-state index contributed by atoms with van der Waals surface area (Å²) in [7, 11) is 0. The Morgan fingerprint density at radius 3 is 2.65 bits per heavy atom. The van der Waals surface area contributed by atoms with Crippen LogP contribution < -0.4 is 5.32 Å². The fourth-order valence-corrected chi connectivity index (χ4v) is 5.13. The molecular formula is C19H22N2OS. The van der Waals surface area contributed by atoms with Crippen molar-refractivity contribution in [1.29, 1.82) is 0 Å². The van der Waals surface area contributed by atoms with Crippen molar-refractivity contribution in [2.45, 2.75) is 51.0 Å². The van der Waals surface area contributed by atoms with Crippen molar-refractivity contribution in [2.75, 3.05) is 0 Å². The fraction of sp³-hybridized carbons (Fsp3) is 0.474. The Labute approximate surface area is 141 Å². The van der Waals surface area contributed by atoms with E-state index in [9.17, 15) is 4.79 Å². The van der Waals surface area contributed by atoms with Crippen LogP contribution in [0, 0.1) is 12.3 Å². The number of rotatable bonds is 4. The van der Waals surface area contributed by atoms with Gasteiger partial charge < -0.3 is 5.32 Å². The third-order valence-electron chi connectivity index (χ3n) is 5.70. The van der Waals surface area contributed by atoms with Crippen molar-refractivity contribution in [3.8, 4) is 0 Å². The second kappa shape index (κ2) is 5.45. The summed E-state index contributed by atoms with van der Waals surface area (Å²) in [5.74, 6) is 0.191. The molecule has 0 radical (unpaired) electrons. The number of nitrogens with zero attached hydrogens (tertiary/aromatic N) is 1. The number of nitrogens with one attached hydrogen (secondary N) is 1. The SMILES string of the molecule is Cc1nc(CNC(=O)[C@@]2(c3ccccc3)CC23CCCC3)cs1. The molecule has 2 fully saturated rings. The number of aromatic nitrogens is 1. The Balaban J connectivity index is 1.58. The van der Waals surface area contributed by atoms with Crippen LogP contribution in [-0.4, -0.2) is 10.9 Å². The molecule has 0 unspecified atom stereocenters. The van der Waals surface area contributed by atoms with Gasteiger partial charge in [0.25, 0.3) is 0 Å². The minimum Gasteiger partial charge on any atom is -0.350 e. The smallest absolute Gasteiger partial charge is 0.231 e. The molecule has 1 atom stereocenters. The molecule has 2 saturated carbocycles. The van der Waals surface area contributed by atoms with Gasteiger partial charge in [-0.05, 0) is 37.2 Å². The summed E-state index contributed by atoms with van der Waals surface area (Å²) in [4.78, 5) is 17.6. The predicted molar refractivity (Wildman–Crippen MR) is 92.3 cm³/mol. The van der Waals surface area contributed by atoms with Gasteiger partial charge in [-0.2, -0.15) is 0 Å². The van der Waals surface area contributed by atoms with Crippen LogP contribution in [-0.2, 0) is 16.8 Å². The van der Waals surface area contributed by atoms with Crippen molar-refractivity contribution in [2.24, 2.45) is 5.41 Å². The minimum absolute atomic E-state index is 0.191. The third kappa shape index (κ3) is 2.31. The van der Waals surface area contributed by atoms with Gasteiger partial charge in [0.2, 0.25) is 5.91 Å². The van der Waals surface area contributed by atoms with Gasteiger partial charge >= 0.3 is 0 Å². The molecule has 0 aliphatic heterocycles. The molecule has 1 heterocycles. The summed E-state index contributed by atoms with van der Waals surface area (Å²) in [6, 6.07) is 10.4. The van der Waals surface area contributed by atoms with Gasteiger partial charge in [0.05, 0.1) is 22.7 Å². The summed E-state index contributed by atoms with van der Waals surface area (Å²) in [5.41, 5.74) is 2.05. The van der Waals surface area contributed by atoms with Gasteiger partial charge in [-0.3, -0.25) is 4.79 Å². The molecule has 1 aromatic heterocycles. The number of aryl methyl sites for hydroxylation is 1. The molecule has 3 nitrogen and oxygen atoms in total. The van der Waals surface area contributed by atoms with E-state index in [1.54, 1.807) is 11.3 Å². The van der Waals surface area contributed by atoms with E-state index in [2.05, 4.69) is 34.6 Å². The van der Waals surface area contributed by atoms with Crippen LogP contribution in [0.25, 0.3) is 0 Å². The minimum atomic E-state index is -0.310. The van der Waals surface area contributed by atoms with Gasteiger partial charge in [-0.15, -0.1) is 11.3 Å². The van der Waals surface area contributed by atoms with Crippen molar-refractivity contribution in [3.05, 3.63) is 52.0 Å². The van der Waals surface area contributed by atoms with E-state index in [0.29, 0.717) is 6.54 Å². The monoisotopic (exact) mass is 326 g/mol. The van der Waals surface area contributed by atoms with E-state index in [1.165, 1.54) is 31.2 Å². The van der Waals surface area contributed by atoms with Gasteiger partial charge in [-0.1, -0.05) is 43.2 Å². The fourth-order valence-electron chi connectivity index (χ4n) is 4.51. The second-order valence-electron chi connectivity index (χ2n) is 6.98. The number of thiazole rings is 1. The molecule has 1 aromatic carbocycles. The van der Waals surface area contributed by atoms with E-state index in [0.717, 1.165) is 17.1 Å². The normalized spacial score (nSPS) is 24.7. The lowest BCUT2D eigenvalue weighted by atomic mass is 9.84. The summed E-state index contributed by atoms with van der Waals surface area (Å²) < 4.78 is 0. The Kier molecular flexibility index (Phi) is 3.52. The molecular weight excluding hydrogens is 304 g/mol. The van der Waals surface area contributed by atoms with Crippen molar-refractivity contribution in [1.82, 2.24) is 10.3 Å². The lowest BCUT2D eigenvalue weighted by Crippen LogP contribution is -2.38. The lowest BCUT2D eigenvalue weighted by molar-refractivity contribution is -0.124. The number of amides is 1. The molecule has 0 saturated heterocycles. The van der Waals surface area contributed by atoms with E-state index in [-0.39, 0.29) is 16.7 Å². The number of hydrogen-bond donors (Lipinski definition) is 1. The first-order valence-corrected chi connectivity index (χ1v) is 9.29. The average Bonchev–Trinajstić information content (AvgIpc) is 2.87. The van der Waals surface area contributed by atoms with Crippen LogP contribution in [0.4, 0.5) is 0 Å². The predicted octanol–water partition coefficient (Wildman–Crippen LogP) is 3.97. The Bertz CT molecular complexity index is 718. The van der Waals surface area contributed by atoms with Crippen molar-refractivity contribution < 1.29 is 4.79 Å². The molecule has 1 N–H and O–H groups in total. The molecule has 4 heteroatoms. The quantitative estimate of drug-likeness (QED) is 0.924. The lowest BCUT2D eigenvalue weighted by Gasteiger charge is -2.22. The van der Waals surface area contributed by atoms with Crippen LogP contribution in [0.1, 0.15) is 48.4 Å². The largest absolute Gasteiger partial charge is 0.350 e. The second-order valence-corrected chi connectivity index (χ2v) is 8.04. The van der Waals surface area contributed by atoms with E-state index in [1.807, 2.05) is 18.4 Å². The maximum atomic E-state index is 13.1. The Morgan fingerprint density at radius 2 is 2.00 bits per heavy atom. The van der Waals surface area contributed by atoms with Gasteiger partial charge in [0.15, 0.2) is 0 Å². The van der Waals surface area contributed by atoms with Gasteiger partial charge in [-0.25, -0.2) is 4.98 Å². The van der Waals surface area contributed by atoms with Crippen molar-refractivity contribution in [3.63, 3.8) is 0 Å². The highest BCUT2D eigenvalue weighted by Gasteiger charge is 2.72. The molecule has 1 spiro atoms. The molecule has 0 bridgehead atoms. The standard InChI is InChI=1S/C19H22N2OS/c1-14-21-16(12-23-14)11-20-17(22)19(15-7-3-2-4-8-15)13-18(19)9-5-6-10-18/h2-4,7-8,12H,5-6,9-11,13H2,1H3,(H,20,22)/t19-/m0/s1. The van der Waals surface area contributed by atoms with Gasteiger partial charge in [0, 0.05) is 5.38 Å². The summed E-state index contributed by atoms with van der Waals surface area (Å²) in [6.07, 6.45) is 5.89. The molecule has 4 rings (SSSR count). The third-order valence-corrected chi connectivity index (χ3v) is 6.52. The zero-order chi connectivity index (χ0) is 15.9. The first kappa shape index (κ1) is 14.9. The zero-order valence-corrected chi connectivity index (χ0v) is 14.3. The maximum absolute atomic E-state index is 13.1. The van der Waals surface area contributed by atoms with Crippen LogP contribution in [0.2, 0.25) is 0 Å². The summed E-state index contributed by atoms with van der Waals surface area (Å²) in [5, 5.41) is 6.25. The molecule has 1 amide bonds. The maximum Gasteiger partial charge on any atom is 0.231 e. The number of hydrogen-bond acceptors (Lipinski definition) is 3. The molecule has 23 heavy (non-hydrogen) atoms. The molecule has 2 aromatic rings. The van der Waals surface area contributed by atoms with Gasteiger partial charge in [0.1, 0.15) is 0 Å². The number of carbonyl (C=O) groups is 1. The number of carbonyl (C=O) groups excluding carboxylic acids is 1. The van der Waals surface area contributed by atoms with Crippen LogP contribution in [0.5, 0.6) is 0 Å². The molecule has 120 valence electrons. The number of benzene rings is 1. The topological polar surface area (TPSA) is 42.0 Å². The highest BCUT2D eigenvalue weighted by atomic mass is 32.1. The summed E-state index contributed by atoms with van der Waals surface area (Å²) >= 11 is 1.63. The zero-order valence-electron chi connectivity index (χ0n) is 13.5. The van der Waals surface area contributed by atoms with Crippen LogP contribution >= 0.6 is 11.3 Å². The Morgan fingerprint density at radius 1 is 1.26 bits per heavy atom.